The van der Waals surface area contributed by atoms with Gasteiger partial charge in [0.15, 0.2) is 0 Å². The fourth-order valence-corrected chi connectivity index (χ4v) is 4.46. The van der Waals surface area contributed by atoms with E-state index in [1.54, 1.807) is 11.3 Å². The van der Waals surface area contributed by atoms with Gasteiger partial charge in [0.1, 0.15) is 11.9 Å². The smallest absolute Gasteiger partial charge is 0.123 e. The summed E-state index contributed by atoms with van der Waals surface area (Å²) in [6.45, 7) is 2.16. The van der Waals surface area contributed by atoms with Crippen LogP contribution >= 0.6 is 27.3 Å². The van der Waals surface area contributed by atoms with Crippen LogP contribution in [-0.4, -0.2) is 13.2 Å². The Morgan fingerprint density at radius 3 is 2.84 bits per heavy atom. The third kappa shape index (κ3) is 2.45. The van der Waals surface area contributed by atoms with Crippen LogP contribution in [0.25, 0.3) is 0 Å². The molecule has 0 radical (unpaired) electrons. The summed E-state index contributed by atoms with van der Waals surface area (Å²) in [5.74, 6) is 1.03. The van der Waals surface area contributed by atoms with E-state index < -0.39 is 0 Å². The number of hydrogen-bond acceptors (Lipinski definition) is 3. The van der Waals surface area contributed by atoms with Crippen molar-refractivity contribution in [3.8, 4) is 5.75 Å². The Balaban J connectivity index is 1.88. The SMILES string of the molecule is CNC(c1cc(Br)sc1C)C1Cc2ccccc2O1. The molecule has 2 unspecified atom stereocenters. The molecule has 0 bridgehead atoms. The fraction of sp³-hybridized carbons (Fsp3) is 0.333. The minimum atomic E-state index is 0.169. The lowest BCUT2D eigenvalue weighted by Crippen LogP contribution is -2.32. The second kappa shape index (κ2) is 5.27. The monoisotopic (exact) mass is 337 g/mol. The largest absolute Gasteiger partial charge is 0.488 e. The molecule has 19 heavy (non-hydrogen) atoms. The second-order valence-electron chi connectivity index (χ2n) is 4.80. The zero-order valence-corrected chi connectivity index (χ0v) is 13.3. The highest BCUT2D eigenvalue weighted by atomic mass is 79.9. The zero-order valence-electron chi connectivity index (χ0n) is 10.9. The predicted octanol–water partition coefficient (Wildman–Crippen LogP) is 4.08. The molecule has 0 amide bonds. The highest BCUT2D eigenvalue weighted by Crippen LogP contribution is 2.37. The van der Waals surface area contributed by atoms with Crippen LogP contribution in [0, 0.1) is 6.92 Å². The summed E-state index contributed by atoms with van der Waals surface area (Å²) in [5.41, 5.74) is 2.64. The van der Waals surface area contributed by atoms with Gasteiger partial charge in [-0.1, -0.05) is 18.2 Å². The maximum Gasteiger partial charge on any atom is 0.123 e. The van der Waals surface area contributed by atoms with Crippen molar-refractivity contribution in [3.63, 3.8) is 0 Å². The average Bonchev–Trinajstić information content (AvgIpc) is 2.94. The summed E-state index contributed by atoms with van der Waals surface area (Å²) < 4.78 is 7.28. The summed E-state index contributed by atoms with van der Waals surface area (Å²) in [6, 6.07) is 10.7. The Hall–Kier alpha value is -0.840. The molecule has 2 heterocycles. The second-order valence-corrected chi connectivity index (χ2v) is 7.43. The van der Waals surface area contributed by atoms with E-state index in [0.717, 1.165) is 12.2 Å². The summed E-state index contributed by atoms with van der Waals surface area (Å²) in [7, 11) is 2.00. The van der Waals surface area contributed by atoms with Gasteiger partial charge in [-0.2, -0.15) is 0 Å². The number of para-hydroxylation sites is 1. The molecule has 1 N–H and O–H groups in total. The number of ether oxygens (including phenoxy) is 1. The van der Waals surface area contributed by atoms with Crippen LogP contribution in [0.4, 0.5) is 0 Å². The molecule has 0 fully saturated rings. The highest BCUT2D eigenvalue weighted by molar-refractivity contribution is 9.11. The number of thiophene rings is 1. The van der Waals surface area contributed by atoms with E-state index in [1.807, 2.05) is 13.1 Å². The van der Waals surface area contributed by atoms with Crippen LogP contribution in [0.2, 0.25) is 0 Å². The zero-order chi connectivity index (χ0) is 13.4. The molecule has 100 valence electrons. The van der Waals surface area contributed by atoms with Gasteiger partial charge in [0.05, 0.1) is 9.83 Å². The van der Waals surface area contributed by atoms with Crippen molar-refractivity contribution in [3.05, 3.63) is 50.1 Å². The van der Waals surface area contributed by atoms with E-state index in [-0.39, 0.29) is 12.1 Å². The van der Waals surface area contributed by atoms with Gasteiger partial charge in [-0.15, -0.1) is 11.3 Å². The highest BCUT2D eigenvalue weighted by Gasteiger charge is 2.31. The number of likely N-dealkylation sites (N-methyl/N-ethyl adjacent to an activating group) is 1. The Morgan fingerprint density at radius 2 is 2.21 bits per heavy atom. The lowest BCUT2D eigenvalue weighted by atomic mass is 9.98. The molecule has 2 atom stereocenters. The molecule has 3 rings (SSSR count). The lowest BCUT2D eigenvalue weighted by Gasteiger charge is -2.23. The van der Waals surface area contributed by atoms with Crippen molar-refractivity contribution in [1.82, 2.24) is 5.32 Å². The molecule has 0 aliphatic carbocycles. The molecule has 1 aliphatic rings. The van der Waals surface area contributed by atoms with Gasteiger partial charge in [0.2, 0.25) is 0 Å². The molecule has 0 spiro atoms. The minimum absolute atomic E-state index is 0.169. The number of halogens is 1. The molecule has 0 saturated heterocycles. The van der Waals surface area contributed by atoms with E-state index in [4.69, 9.17) is 4.74 Å². The summed E-state index contributed by atoms with van der Waals surface area (Å²) in [6.07, 6.45) is 1.14. The minimum Gasteiger partial charge on any atom is -0.488 e. The topological polar surface area (TPSA) is 21.3 Å². The van der Waals surface area contributed by atoms with E-state index >= 15 is 0 Å². The first-order valence-electron chi connectivity index (χ1n) is 6.36. The number of fused-ring (bicyclic) bond motifs is 1. The van der Waals surface area contributed by atoms with E-state index in [1.165, 1.54) is 19.8 Å². The van der Waals surface area contributed by atoms with Crippen molar-refractivity contribution in [2.45, 2.75) is 25.5 Å². The standard InChI is InChI=1S/C15H16BrNOS/c1-9-11(8-14(16)19-9)15(17-2)13-7-10-5-3-4-6-12(10)18-13/h3-6,8,13,15,17H,7H2,1-2H3. The number of aryl methyl sites for hydroxylation is 1. The van der Waals surface area contributed by atoms with Gasteiger partial charge in [0, 0.05) is 11.3 Å². The summed E-state index contributed by atoms with van der Waals surface area (Å²) >= 11 is 5.34. The Bertz CT molecular complexity index is 571. The van der Waals surface area contributed by atoms with E-state index in [0.29, 0.717) is 0 Å². The number of benzene rings is 1. The van der Waals surface area contributed by atoms with Crippen molar-refractivity contribution < 1.29 is 4.74 Å². The number of hydrogen-bond donors (Lipinski definition) is 1. The van der Waals surface area contributed by atoms with Crippen LogP contribution in [0.5, 0.6) is 5.75 Å². The van der Waals surface area contributed by atoms with Gasteiger partial charge in [-0.05, 0) is 53.2 Å². The Labute approximate surface area is 125 Å². The number of nitrogens with one attached hydrogen (secondary N) is 1. The fourth-order valence-electron chi connectivity index (χ4n) is 2.70. The van der Waals surface area contributed by atoms with Crippen LogP contribution in [0.1, 0.15) is 22.0 Å². The molecule has 1 aromatic heterocycles. The molecular weight excluding hydrogens is 322 g/mol. The van der Waals surface area contributed by atoms with Crippen LogP contribution < -0.4 is 10.1 Å². The normalized spacial score (nSPS) is 19.0. The lowest BCUT2D eigenvalue weighted by molar-refractivity contribution is 0.183. The van der Waals surface area contributed by atoms with Crippen molar-refractivity contribution >= 4 is 27.3 Å². The average molecular weight is 338 g/mol. The molecule has 1 aromatic carbocycles. The molecule has 2 aromatic rings. The molecule has 0 saturated carbocycles. The van der Waals surface area contributed by atoms with Crippen LogP contribution in [-0.2, 0) is 6.42 Å². The molecular formula is C15H16BrNOS. The summed E-state index contributed by atoms with van der Waals surface area (Å²) in [4.78, 5) is 1.34. The van der Waals surface area contributed by atoms with Crippen LogP contribution in [0.15, 0.2) is 34.1 Å². The molecule has 2 nitrogen and oxygen atoms in total. The van der Waals surface area contributed by atoms with Gasteiger partial charge in [-0.3, -0.25) is 0 Å². The molecule has 1 aliphatic heterocycles. The maximum atomic E-state index is 6.11. The quantitative estimate of drug-likeness (QED) is 0.910. The van der Waals surface area contributed by atoms with Gasteiger partial charge < -0.3 is 10.1 Å². The van der Waals surface area contributed by atoms with Crippen LogP contribution in [0.3, 0.4) is 0 Å². The molecule has 4 heteroatoms. The van der Waals surface area contributed by atoms with Crippen molar-refractivity contribution in [1.29, 1.82) is 0 Å². The third-order valence-corrected chi connectivity index (χ3v) is 5.19. The number of rotatable bonds is 3. The van der Waals surface area contributed by atoms with Gasteiger partial charge in [0.25, 0.3) is 0 Å². The van der Waals surface area contributed by atoms with E-state index in [9.17, 15) is 0 Å². The first kappa shape index (κ1) is 13.2. The van der Waals surface area contributed by atoms with E-state index in [2.05, 4.69) is 52.4 Å². The van der Waals surface area contributed by atoms with Gasteiger partial charge in [-0.25, -0.2) is 0 Å². The third-order valence-electron chi connectivity index (χ3n) is 3.62. The summed E-state index contributed by atoms with van der Waals surface area (Å²) in [5, 5.41) is 3.41. The predicted molar refractivity (Wildman–Crippen MR) is 83.1 cm³/mol. The van der Waals surface area contributed by atoms with Gasteiger partial charge >= 0.3 is 0 Å². The Morgan fingerprint density at radius 1 is 1.42 bits per heavy atom. The Kier molecular flexibility index (Phi) is 3.65. The van der Waals surface area contributed by atoms with Crippen molar-refractivity contribution in [2.75, 3.05) is 7.05 Å². The van der Waals surface area contributed by atoms with Crippen molar-refractivity contribution in [2.24, 2.45) is 0 Å². The first-order chi connectivity index (χ1) is 9.19. The maximum absolute atomic E-state index is 6.11. The first-order valence-corrected chi connectivity index (χ1v) is 7.97.